The highest BCUT2D eigenvalue weighted by atomic mass is 35.5. The second-order valence-electron chi connectivity index (χ2n) is 5.44. The number of fused-ring (bicyclic) bond motifs is 3. The Kier molecular flexibility index (Phi) is 3.71. The van der Waals surface area contributed by atoms with Crippen molar-refractivity contribution in [3.63, 3.8) is 0 Å². The van der Waals surface area contributed by atoms with Gasteiger partial charge in [-0.05, 0) is 18.2 Å². The van der Waals surface area contributed by atoms with Crippen LogP contribution in [0.1, 0.15) is 16.7 Å². The average molecular weight is 355 g/mol. The van der Waals surface area contributed by atoms with Gasteiger partial charge in [0.15, 0.2) is 0 Å². The molecule has 3 aromatic rings. The fraction of sp³-hybridized carbons (Fsp3) is 0.0556. The van der Waals surface area contributed by atoms with E-state index >= 15 is 0 Å². The first kappa shape index (κ1) is 15.1. The molecule has 4 rings (SSSR count). The molecule has 6 heteroatoms. The molecule has 0 atom stereocenters. The number of halogens is 2. The number of hydrogen-bond donors (Lipinski definition) is 1. The molecule has 0 amide bonds. The first-order valence-electron chi connectivity index (χ1n) is 7.34. The Morgan fingerprint density at radius 2 is 1.79 bits per heavy atom. The van der Waals surface area contributed by atoms with E-state index in [-0.39, 0.29) is 5.95 Å². The van der Waals surface area contributed by atoms with Crippen molar-refractivity contribution < 1.29 is 0 Å². The summed E-state index contributed by atoms with van der Waals surface area (Å²) in [6, 6.07) is 13.3. The van der Waals surface area contributed by atoms with Gasteiger partial charge in [0.05, 0.1) is 18.0 Å². The predicted molar refractivity (Wildman–Crippen MR) is 97.7 cm³/mol. The molecule has 2 N–H and O–H groups in total. The standard InChI is InChI=1S/C18H12Cl2N4/c19-11-5-6-12-14(7-11)17(13-3-1-2-4-15(13)20)22-8-10-9-23-18(21)24-16(10)12/h1-7,9H,8H2,(H2,21,23,24). The zero-order valence-electron chi connectivity index (χ0n) is 12.5. The first-order chi connectivity index (χ1) is 11.6. The lowest BCUT2D eigenvalue weighted by Crippen LogP contribution is -2.06. The van der Waals surface area contributed by atoms with E-state index in [1.54, 1.807) is 6.20 Å². The Hall–Kier alpha value is -2.43. The van der Waals surface area contributed by atoms with Crippen molar-refractivity contribution in [2.45, 2.75) is 6.54 Å². The van der Waals surface area contributed by atoms with Gasteiger partial charge in [-0.1, -0.05) is 47.5 Å². The number of nitrogens with two attached hydrogens (primary N) is 1. The molecule has 1 aliphatic rings. The zero-order chi connectivity index (χ0) is 16.7. The highest BCUT2D eigenvalue weighted by molar-refractivity contribution is 6.36. The van der Waals surface area contributed by atoms with E-state index in [1.807, 2.05) is 42.5 Å². The van der Waals surface area contributed by atoms with Crippen LogP contribution in [0.2, 0.25) is 10.0 Å². The smallest absolute Gasteiger partial charge is 0.220 e. The summed E-state index contributed by atoms with van der Waals surface area (Å²) in [5, 5.41) is 1.26. The van der Waals surface area contributed by atoms with Crippen LogP contribution in [0.3, 0.4) is 0 Å². The number of nitrogens with zero attached hydrogens (tertiary/aromatic N) is 3. The molecule has 2 aromatic carbocycles. The summed E-state index contributed by atoms with van der Waals surface area (Å²) in [4.78, 5) is 13.3. The highest BCUT2D eigenvalue weighted by Gasteiger charge is 2.22. The van der Waals surface area contributed by atoms with Crippen LogP contribution in [0.4, 0.5) is 5.95 Å². The maximum absolute atomic E-state index is 6.39. The lowest BCUT2D eigenvalue weighted by Gasteiger charge is -2.12. The minimum absolute atomic E-state index is 0.232. The highest BCUT2D eigenvalue weighted by Crippen LogP contribution is 2.34. The van der Waals surface area contributed by atoms with E-state index in [4.69, 9.17) is 33.9 Å². The largest absolute Gasteiger partial charge is 0.368 e. The van der Waals surface area contributed by atoms with Gasteiger partial charge in [-0.15, -0.1) is 0 Å². The summed E-state index contributed by atoms with van der Waals surface area (Å²) in [6.45, 7) is 0.447. The predicted octanol–water partition coefficient (Wildman–Crippen LogP) is 4.38. The number of hydrogen-bond acceptors (Lipinski definition) is 4. The summed E-state index contributed by atoms with van der Waals surface area (Å²) in [5.41, 5.74) is 10.9. The van der Waals surface area contributed by atoms with E-state index in [9.17, 15) is 0 Å². The van der Waals surface area contributed by atoms with Crippen molar-refractivity contribution in [2.24, 2.45) is 4.99 Å². The van der Waals surface area contributed by atoms with Gasteiger partial charge in [0, 0.05) is 38.5 Å². The van der Waals surface area contributed by atoms with Crippen LogP contribution >= 0.6 is 23.2 Å². The van der Waals surface area contributed by atoms with Crippen LogP contribution in [0.15, 0.2) is 53.7 Å². The molecule has 2 heterocycles. The molecular weight excluding hydrogens is 343 g/mol. The van der Waals surface area contributed by atoms with Gasteiger partial charge in [-0.2, -0.15) is 0 Å². The summed E-state index contributed by atoms with van der Waals surface area (Å²) < 4.78 is 0. The fourth-order valence-electron chi connectivity index (χ4n) is 2.82. The third-order valence-corrected chi connectivity index (χ3v) is 4.48. The van der Waals surface area contributed by atoms with Crippen molar-refractivity contribution in [1.82, 2.24) is 9.97 Å². The number of rotatable bonds is 1. The first-order valence-corrected chi connectivity index (χ1v) is 8.10. The average Bonchev–Trinajstić information content (AvgIpc) is 2.72. The third-order valence-electron chi connectivity index (χ3n) is 3.91. The summed E-state index contributed by atoms with van der Waals surface area (Å²) >= 11 is 12.6. The van der Waals surface area contributed by atoms with E-state index in [1.165, 1.54) is 0 Å². The van der Waals surface area contributed by atoms with Crippen molar-refractivity contribution in [1.29, 1.82) is 0 Å². The van der Waals surface area contributed by atoms with E-state index in [0.29, 0.717) is 16.6 Å². The Morgan fingerprint density at radius 3 is 2.62 bits per heavy atom. The Morgan fingerprint density at radius 1 is 0.958 bits per heavy atom. The maximum Gasteiger partial charge on any atom is 0.220 e. The minimum atomic E-state index is 0.232. The van der Waals surface area contributed by atoms with Gasteiger partial charge in [-0.25, -0.2) is 9.97 Å². The molecule has 4 nitrogen and oxygen atoms in total. The Bertz CT molecular complexity index is 983. The van der Waals surface area contributed by atoms with Crippen LogP contribution in [0.5, 0.6) is 0 Å². The molecule has 0 unspecified atom stereocenters. The van der Waals surface area contributed by atoms with Gasteiger partial charge < -0.3 is 5.73 Å². The van der Waals surface area contributed by atoms with Crippen LogP contribution < -0.4 is 5.73 Å². The van der Waals surface area contributed by atoms with Crippen LogP contribution in [0.25, 0.3) is 11.3 Å². The monoisotopic (exact) mass is 354 g/mol. The van der Waals surface area contributed by atoms with E-state index in [0.717, 1.165) is 33.7 Å². The number of aromatic nitrogens is 2. The molecule has 0 saturated heterocycles. The van der Waals surface area contributed by atoms with Gasteiger partial charge in [0.25, 0.3) is 0 Å². The normalized spacial score (nSPS) is 12.8. The fourth-order valence-corrected chi connectivity index (χ4v) is 3.22. The molecule has 0 saturated carbocycles. The van der Waals surface area contributed by atoms with Crippen LogP contribution in [-0.2, 0) is 6.54 Å². The zero-order valence-corrected chi connectivity index (χ0v) is 14.0. The quantitative estimate of drug-likeness (QED) is 0.704. The van der Waals surface area contributed by atoms with Gasteiger partial charge in [0.1, 0.15) is 0 Å². The Labute approximate surface area is 149 Å². The van der Waals surface area contributed by atoms with Crippen LogP contribution in [0, 0.1) is 0 Å². The van der Waals surface area contributed by atoms with Crippen molar-refractivity contribution in [3.05, 3.63) is 75.4 Å². The topological polar surface area (TPSA) is 64.2 Å². The molecule has 118 valence electrons. The van der Waals surface area contributed by atoms with Crippen molar-refractivity contribution in [3.8, 4) is 11.3 Å². The number of benzene rings is 2. The molecule has 0 radical (unpaired) electrons. The minimum Gasteiger partial charge on any atom is -0.368 e. The van der Waals surface area contributed by atoms with Gasteiger partial charge >= 0.3 is 0 Å². The second-order valence-corrected chi connectivity index (χ2v) is 6.28. The molecule has 0 fully saturated rings. The SMILES string of the molecule is Nc1ncc2c(n1)-c1ccc(Cl)cc1C(c1ccccc1Cl)=NC2. The maximum atomic E-state index is 6.39. The van der Waals surface area contributed by atoms with E-state index < -0.39 is 0 Å². The van der Waals surface area contributed by atoms with Gasteiger partial charge in [0.2, 0.25) is 5.95 Å². The van der Waals surface area contributed by atoms with Gasteiger partial charge in [-0.3, -0.25) is 4.99 Å². The van der Waals surface area contributed by atoms with E-state index in [2.05, 4.69) is 9.97 Å². The lowest BCUT2D eigenvalue weighted by atomic mass is 9.95. The third kappa shape index (κ3) is 2.54. The molecule has 0 spiro atoms. The van der Waals surface area contributed by atoms with Crippen molar-refractivity contribution in [2.75, 3.05) is 5.73 Å². The molecule has 1 aliphatic heterocycles. The molecule has 1 aromatic heterocycles. The summed E-state index contributed by atoms with van der Waals surface area (Å²) in [7, 11) is 0. The number of nitrogen functional groups attached to an aromatic ring is 1. The molecule has 0 bridgehead atoms. The number of anilines is 1. The summed E-state index contributed by atoms with van der Waals surface area (Å²) in [5.74, 6) is 0.232. The van der Waals surface area contributed by atoms with Crippen molar-refractivity contribution >= 4 is 34.9 Å². The number of aliphatic imine (C=N–C) groups is 1. The molecular formula is C18H12Cl2N4. The summed E-state index contributed by atoms with van der Waals surface area (Å²) in [6.07, 6.45) is 1.72. The molecule has 0 aliphatic carbocycles. The van der Waals surface area contributed by atoms with Crippen LogP contribution in [-0.4, -0.2) is 15.7 Å². The second kappa shape index (κ2) is 5.89. The Balaban J connectivity index is 2.02. The molecule has 24 heavy (non-hydrogen) atoms. The lowest BCUT2D eigenvalue weighted by molar-refractivity contribution is 1.03.